The number of rotatable bonds is 5. The van der Waals surface area contributed by atoms with Crippen molar-refractivity contribution in [1.29, 1.82) is 0 Å². The van der Waals surface area contributed by atoms with Gasteiger partial charge in [-0.15, -0.1) is 0 Å². The fourth-order valence-corrected chi connectivity index (χ4v) is 3.32. The second kappa shape index (κ2) is 5.21. The van der Waals surface area contributed by atoms with E-state index < -0.39 is 0 Å². The first-order valence-corrected chi connectivity index (χ1v) is 7.70. The zero-order valence-electron chi connectivity index (χ0n) is 9.84. The molecule has 0 saturated heterocycles. The molecule has 16 heavy (non-hydrogen) atoms. The molecule has 0 radical (unpaired) electrons. The Balaban J connectivity index is 2.01. The first kappa shape index (κ1) is 12.6. The lowest BCUT2D eigenvalue weighted by atomic mass is 10.1. The van der Waals surface area contributed by atoms with E-state index in [4.69, 9.17) is 0 Å². The van der Waals surface area contributed by atoms with Gasteiger partial charge in [0.2, 0.25) is 0 Å². The summed E-state index contributed by atoms with van der Waals surface area (Å²) in [7, 11) is 0. The minimum absolute atomic E-state index is 0.694. The van der Waals surface area contributed by atoms with E-state index in [1.165, 1.54) is 29.4 Å². The maximum Gasteiger partial charge on any atom is 0.0738 e. The number of alkyl halides is 1. The molecule has 2 rings (SSSR count). The van der Waals surface area contributed by atoms with Crippen molar-refractivity contribution in [2.24, 2.45) is 5.92 Å². The third-order valence-corrected chi connectivity index (χ3v) is 5.48. The van der Waals surface area contributed by atoms with Crippen molar-refractivity contribution in [2.45, 2.75) is 50.9 Å². The molecule has 1 aromatic rings. The van der Waals surface area contributed by atoms with Crippen LogP contribution < -0.4 is 0 Å². The lowest BCUT2D eigenvalue weighted by Crippen LogP contribution is -2.07. The van der Waals surface area contributed by atoms with Crippen molar-refractivity contribution in [3.63, 3.8) is 0 Å². The van der Waals surface area contributed by atoms with Gasteiger partial charge in [-0.05, 0) is 61.4 Å². The number of nitrogens with zero attached hydrogens (tertiary/aromatic N) is 2. The third-order valence-electron chi connectivity index (χ3n) is 3.24. The van der Waals surface area contributed by atoms with Crippen molar-refractivity contribution in [1.82, 2.24) is 9.78 Å². The van der Waals surface area contributed by atoms with Gasteiger partial charge in [0, 0.05) is 11.4 Å². The number of aromatic nitrogens is 2. The lowest BCUT2D eigenvalue weighted by molar-refractivity contribution is 0.593. The van der Waals surface area contributed by atoms with Crippen molar-refractivity contribution in [2.75, 3.05) is 0 Å². The number of aryl methyl sites for hydroxylation is 2. The van der Waals surface area contributed by atoms with E-state index in [9.17, 15) is 0 Å². The summed E-state index contributed by atoms with van der Waals surface area (Å²) < 4.78 is 3.32. The van der Waals surface area contributed by atoms with Crippen molar-refractivity contribution < 1.29 is 0 Å². The summed E-state index contributed by atoms with van der Waals surface area (Å²) in [6.07, 6.45) is 5.14. The topological polar surface area (TPSA) is 17.8 Å². The molecule has 1 saturated carbocycles. The molecule has 1 aliphatic rings. The summed E-state index contributed by atoms with van der Waals surface area (Å²) in [4.78, 5) is 0.694. The minimum Gasteiger partial charge on any atom is -0.268 e. The van der Waals surface area contributed by atoms with E-state index in [2.05, 4.69) is 55.5 Å². The van der Waals surface area contributed by atoms with Crippen LogP contribution in [0.2, 0.25) is 0 Å². The Bertz CT molecular complexity index is 369. The number of halogens is 2. The summed E-state index contributed by atoms with van der Waals surface area (Å²) in [5, 5.41) is 4.52. The molecule has 0 aromatic carbocycles. The van der Waals surface area contributed by atoms with Crippen LogP contribution in [0, 0.1) is 12.8 Å². The molecule has 1 atom stereocenters. The Morgan fingerprint density at radius 3 is 2.75 bits per heavy atom. The van der Waals surface area contributed by atoms with Crippen molar-refractivity contribution >= 4 is 31.9 Å². The zero-order chi connectivity index (χ0) is 11.7. The maximum absolute atomic E-state index is 4.52. The fraction of sp³-hybridized carbons (Fsp3) is 0.750. The van der Waals surface area contributed by atoms with Crippen LogP contribution in [0.15, 0.2) is 4.47 Å². The largest absolute Gasteiger partial charge is 0.268 e. The Kier molecular flexibility index (Phi) is 4.11. The SMILES string of the molecule is CCn1nc(C)c(Br)c1CCC(Br)C1CC1. The van der Waals surface area contributed by atoms with Gasteiger partial charge in [0.05, 0.1) is 15.9 Å². The molecule has 4 heteroatoms. The molecule has 1 aliphatic carbocycles. The molecule has 1 fully saturated rings. The predicted molar refractivity (Wildman–Crippen MR) is 74.1 cm³/mol. The van der Waals surface area contributed by atoms with Crippen LogP contribution in [0.1, 0.15) is 37.6 Å². The normalized spacial score (nSPS) is 17.8. The van der Waals surface area contributed by atoms with E-state index >= 15 is 0 Å². The molecule has 0 spiro atoms. The average molecular weight is 350 g/mol. The van der Waals surface area contributed by atoms with Crippen LogP contribution in [0.5, 0.6) is 0 Å². The Morgan fingerprint density at radius 2 is 2.19 bits per heavy atom. The standard InChI is InChI=1S/C12H18Br2N2/c1-3-16-11(12(14)8(2)15-16)7-6-10(13)9-4-5-9/h9-10H,3-7H2,1-2H3. The van der Waals surface area contributed by atoms with Gasteiger partial charge >= 0.3 is 0 Å². The molecule has 1 unspecified atom stereocenters. The van der Waals surface area contributed by atoms with E-state index in [-0.39, 0.29) is 0 Å². The Morgan fingerprint density at radius 1 is 1.50 bits per heavy atom. The zero-order valence-corrected chi connectivity index (χ0v) is 13.0. The molecule has 0 N–H and O–H groups in total. The number of hydrogen-bond acceptors (Lipinski definition) is 1. The molecule has 0 aliphatic heterocycles. The van der Waals surface area contributed by atoms with Crippen LogP contribution in [-0.4, -0.2) is 14.6 Å². The molecule has 0 bridgehead atoms. The Hall–Kier alpha value is 0.170. The van der Waals surface area contributed by atoms with E-state index in [0.29, 0.717) is 4.83 Å². The first-order chi connectivity index (χ1) is 7.63. The maximum atomic E-state index is 4.52. The summed E-state index contributed by atoms with van der Waals surface area (Å²) in [5.74, 6) is 0.929. The van der Waals surface area contributed by atoms with Gasteiger partial charge < -0.3 is 0 Å². The second-order valence-corrected chi connectivity index (χ2v) is 6.52. The summed E-state index contributed by atoms with van der Waals surface area (Å²) in [6, 6.07) is 0. The van der Waals surface area contributed by atoms with Gasteiger partial charge in [-0.25, -0.2) is 0 Å². The third kappa shape index (κ3) is 2.70. The van der Waals surface area contributed by atoms with Gasteiger partial charge in [-0.1, -0.05) is 15.9 Å². The van der Waals surface area contributed by atoms with Crippen LogP contribution in [0.3, 0.4) is 0 Å². The highest BCUT2D eigenvalue weighted by Gasteiger charge is 2.29. The van der Waals surface area contributed by atoms with E-state index in [1.807, 2.05) is 0 Å². The lowest BCUT2D eigenvalue weighted by Gasteiger charge is -2.09. The van der Waals surface area contributed by atoms with Crippen LogP contribution in [0.25, 0.3) is 0 Å². The van der Waals surface area contributed by atoms with Gasteiger partial charge in [0.1, 0.15) is 0 Å². The van der Waals surface area contributed by atoms with Gasteiger partial charge in [0.25, 0.3) is 0 Å². The molecular weight excluding hydrogens is 332 g/mol. The molecule has 2 nitrogen and oxygen atoms in total. The highest BCUT2D eigenvalue weighted by Crippen LogP contribution is 2.39. The van der Waals surface area contributed by atoms with Gasteiger partial charge in [-0.2, -0.15) is 5.10 Å². The van der Waals surface area contributed by atoms with Crippen molar-refractivity contribution in [3.05, 3.63) is 15.9 Å². The van der Waals surface area contributed by atoms with E-state index in [0.717, 1.165) is 24.6 Å². The van der Waals surface area contributed by atoms with Crippen molar-refractivity contribution in [3.8, 4) is 0 Å². The highest BCUT2D eigenvalue weighted by atomic mass is 79.9. The summed E-state index contributed by atoms with van der Waals surface area (Å²) in [6.45, 7) is 5.17. The van der Waals surface area contributed by atoms with Crippen LogP contribution in [0.4, 0.5) is 0 Å². The number of hydrogen-bond donors (Lipinski definition) is 0. The summed E-state index contributed by atoms with van der Waals surface area (Å²) >= 11 is 7.44. The minimum atomic E-state index is 0.694. The predicted octanol–water partition coefficient (Wildman–Crippen LogP) is 4.08. The van der Waals surface area contributed by atoms with Crippen LogP contribution >= 0.6 is 31.9 Å². The molecule has 90 valence electrons. The highest BCUT2D eigenvalue weighted by molar-refractivity contribution is 9.10. The molecule has 1 heterocycles. The monoisotopic (exact) mass is 348 g/mol. The average Bonchev–Trinajstić information content (AvgIpc) is 3.06. The van der Waals surface area contributed by atoms with Gasteiger partial charge in [0.15, 0.2) is 0 Å². The van der Waals surface area contributed by atoms with Gasteiger partial charge in [-0.3, -0.25) is 4.68 Å². The molecule has 1 aromatic heterocycles. The summed E-state index contributed by atoms with van der Waals surface area (Å²) in [5.41, 5.74) is 2.46. The quantitative estimate of drug-likeness (QED) is 0.732. The van der Waals surface area contributed by atoms with E-state index in [1.54, 1.807) is 0 Å². The van der Waals surface area contributed by atoms with Crippen LogP contribution in [-0.2, 0) is 13.0 Å². The fourth-order valence-electron chi connectivity index (χ4n) is 2.08. The smallest absolute Gasteiger partial charge is 0.0738 e. The molecular formula is C12H18Br2N2. The Labute approximate surface area is 114 Å². The molecule has 0 amide bonds. The first-order valence-electron chi connectivity index (χ1n) is 5.99. The second-order valence-electron chi connectivity index (χ2n) is 4.55.